The normalized spacial score (nSPS) is 22.2. The maximum absolute atomic E-state index is 12.5. The van der Waals surface area contributed by atoms with Gasteiger partial charge in [0, 0.05) is 20.2 Å². The second-order valence-corrected chi connectivity index (χ2v) is 7.45. The van der Waals surface area contributed by atoms with Crippen LogP contribution < -0.4 is 5.73 Å². The zero-order valence-electron chi connectivity index (χ0n) is 10.4. The summed E-state index contributed by atoms with van der Waals surface area (Å²) in [5.41, 5.74) is 6.03. The molecule has 0 amide bonds. The molecule has 8 heteroatoms. The van der Waals surface area contributed by atoms with E-state index < -0.39 is 10.0 Å². The molecule has 102 valence electrons. The van der Waals surface area contributed by atoms with Crippen LogP contribution in [-0.2, 0) is 14.8 Å². The standard InChI is InChI=1S/C10H17N3O3S2/c1-7-9(17-10(11)12-7)18(14,15)13-5-3-4-8(6-13)16-2/h8H,3-6H2,1-2H3,(H2,11,12). The third kappa shape index (κ3) is 2.51. The van der Waals surface area contributed by atoms with Crippen LogP contribution in [0.5, 0.6) is 0 Å². The number of anilines is 1. The number of methoxy groups -OCH3 is 1. The summed E-state index contributed by atoms with van der Waals surface area (Å²) in [6.45, 7) is 2.59. The van der Waals surface area contributed by atoms with E-state index in [-0.39, 0.29) is 15.4 Å². The molecule has 2 heterocycles. The van der Waals surface area contributed by atoms with E-state index in [1.165, 1.54) is 4.31 Å². The number of aryl methyl sites for hydroxylation is 1. The molecular formula is C10H17N3O3S2. The molecule has 0 aliphatic carbocycles. The van der Waals surface area contributed by atoms with Gasteiger partial charge in [-0.2, -0.15) is 4.31 Å². The van der Waals surface area contributed by atoms with E-state index >= 15 is 0 Å². The number of nitrogen functional groups attached to an aromatic ring is 1. The van der Waals surface area contributed by atoms with Gasteiger partial charge in [0.05, 0.1) is 11.8 Å². The van der Waals surface area contributed by atoms with E-state index in [0.29, 0.717) is 18.8 Å². The van der Waals surface area contributed by atoms with Gasteiger partial charge >= 0.3 is 0 Å². The van der Waals surface area contributed by atoms with Gasteiger partial charge in [0.1, 0.15) is 0 Å². The van der Waals surface area contributed by atoms with E-state index in [4.69, 9.17) is 10.5 Å². The van der Waals surface area contributed by atoms with Crippen LogP contribution in [0.15, 0.2) is 4.21 Å². The Kier molecular flexibility index (Phi) is 3.90. The predicted octanol–water partition coefficient (Wildman–Crippen LogP) is 0.833. The molecule has 2 rings (SSSR count). The second-order valence-electron chi connectivity index (χ2n) is 4.29. The number of hydrogen-bond acceptors (Lipinski definition) is 6. The minimum Gasteiger partial charge on any atom is -0.380 e. The lowest BCUT2D eigenvalue weighted by molar-refractivity contribution is 0.0572. The Morgan fingerprint density at radius 2 is 2.28 bits per heavy atom. The first kappa shape index (κ1) is 13.7. The number of nitrogens with zero attached hydrogens (tertiary/aromatic N) is 2. The number of nitrogens with two attached hydrogens (primary N) is 1. The monoisotopic (exact) mass is 291 g/mol. The fraction of sp³-hybridized carbons (Fsp3) is 0.700. The average Bonchev–Trinajstić information content (AvgIpc) is 2.69. The van der Waals surface area contributed by atoms with Crippen LogP contribution in [0.2, 0.25) is 0 Å². The Morgan fingerprint density at radius 3 is 2.83 bits per heavy atom. The Balaban J connectivity index is 2.28. The van der Waals surface area contributed by atoms with Crippen molar-refractivity contribution in [2.45, 2.75) is 30.1 Å². The van der Waals surface area contributed by atoms with Gasteiger partial charge in [-0.1, -0.05) is 11.3 Å². The lowest BCUT2D eigenvalue weighted by Gasteiger charge is -2.30. The van der Waals surface area contributed by atoms with E-state index in [1.807, 2.05) is 0 Å². The summed E-state index contributed by atoms with van der Waals surface area (Å²) in [5, 5.41) is 0.284. The fourth-order valence-electron chi connectivity index (χ4n) is 2.07. The van der Waals surface area contributed by atoms with Gasteiger partial charge in [0.2, 0.25) is 0 Å². The Hall–Kier alpha value is -0.700. The van der Waals surface area contributed by atoms with Crippen molar-refractivity contribution in [1.29, 1.82) is 0 Å². The van der Waals surface area contributed by atoms with E-state index in [2.05, 4.69) is 4.98 Å². The minimum absolute atomic E-state index is 0.0286. The van der Waals surface area contributed by atoms with Crippen molar-refractivity contribution < 1.29 is 13.2 Å². The molecule has 0 aromatic carbocycles. The van der Waals surface area contributed by atoms with Gasteiger partial charge in [0.15, 0.2) is 9.34 Å². The van der Waals surface area contributed by atoms with Gasteiger partial charge in [-0.05, 0) is 19.8 Å². The Morgan fingerprint density at radius 1 is 1.56 bits per heavy atom. The van der Waals surface area contributed by atoms with Gasteiger partial charge in [-0.15, -0.1) is 0 Å². The van der Waals surface area contributed by atoms with Crippen molar-refractivity contribution in [1.82, 2.24) is 9.29 Å². The minimum atomic E-state index is -3.49. The molecule has 18 heavy (non-hydrogen) atoms. The molecule has 1 unspecified atom stereocenters. The largest absolute Gasteiger partial charge is 0.380 e. The molecule has 0 spiro atoms. The van der Waals surface area contributed by atoms with E-state index in [9.17, 15) is 8.42 Å². The maximum Gasteiger partial charge on any atom is 0.254 e. The van der Waals surface area contributed by atoms with Gasteiger partial charge < -0.3 is 10.5 Å². The van der Waals surface area contributed by atoms with Crippen molar-refractivity contribution in [3.63, 3.8) is 0 Å². The summed E-state index contributed by atoms with van der Waals surface area (Å²) in [5.74, 6) is 0. The van der Waals surface area contributed by atoms with Crippen molar-refractivity contribution in [3.05, 3.63) is 5.69 Å². The van der Waals surface area contributed by atoms with Crippen LogP contribution in [0, 0.1) is 6.92 Å². The first-order valence-corrected chi connectivity index (χ1v) is 7.96. The first-order chi connectivity index (χ1) is 8.45. The summed E-state index contributed by atoms with van der Waals surface area (Å²) in [6, 6.07) is 0. The summed E-state index contributed by atoms with van der Waals surface area (Å²) >= 11 is 1.02. The highest BCUT2D eigenvalue weighted by molar-refractivity contribution is 7.91. The number of ether oxygens (including phenoxy) is 1. The van der Waals surface area contributed by atoms with Crippen LogP contribution in [0.4, 0.5) is 5.13 Å². The molecule has 1 aliphatic rings. The number of aromatic nitrogens is 1. The SMILES string of the molecule is COC1CCCN(S(=O)(=O)c2sc(N)nc2C)C1. The van der Waals surface area contributed by atoms with Crippen molar-refractivity contribution in [2.75, 3.05) is 25.9 Å². The number of piperidine rings is 1. The Bertz CT molecular complexity index is 526. The molecule has 6 nitrogen and oxygen atoms in total. The smallest absolute Gasteiger partial charge is 0.254 e. The molecule has 1 aromatic rings. The summed E-state index contributed by atoms with van der Waals surface area (Å²) < 4.78 is 31.9. The second kappa shape index (κ2) is 5.12. The molecule has 0 bridgehead atoms. The Labute approximate surface area is 111 Å². The van der Waals surface area contributed by atoms with Crippen molar-refractivity contribution in [3.8, 4) is 0 Å². The molecular weight excluding hydrogens is 274 g/mol. The molecule has 2 N–H and O–H groups in total. The lowest BCUT2D eigenvalue weighted by atomic mass is 10.1. The number of rotatable bonds is 3. The molecule has 0 saturated carbocycles. The van der Waals surface area contributed by atoms with E-state index in [1.54, 1.807) is 14.0 Å². The summed E-state index contributed by atoms with van der Waals surface area (Å²) in [6.07, 6.45) is 1.68. The summed E-state index contributed by atoms with van der Waals surface area (Å²) in [4.78, 5) is 3.97. The van der Waals surface area contributed by atoms with E-state index in [0.717, 1.165) is 24.2 Å². The lowest BCUT2D eigenvalue weighted by Crippen LogP contribution is -2.42. The third-order valence-electron chi connectivity index (χ3n) is 3.02. The van der Waals surface area contributed by atoms with Crippen LogP contribution in [0.3, 0.4) is 0 Å². The molecule has 1 aliphatic heterocycles. The van der Waals surface area contributed by atoms with Crippen LogP contribution >= 0.6 is 11.3 Å². The quantitative estimate of drug-likeness (QED) is 0.891. The van der Waals surface area contributed by atoms with Gasteiger partial charge in [-0.25, -0.2) is 13.4 Å². The zero-order valence-corrected chi connectivity index (χ0v) is 12.1. The molecule has 1 aromatic heterocycles. The topological polar surface area (TPSA) is 85.5 Å². The van der Waals surface area contributed by atoms with Crippen LogP contribution in [0.1, 0.15) is 18.5 Å². The van der Waals surface area contributed by atoms with Crippen LogP contribution in [0.25, 0.3) is 0 Å². The van der Waals surface area contributed by atoms with Gasteiger partial charge in [0.25, 0.3) is 10.0 Å². The third-order valence-corrected chi connectivity index (χ3v) is 6.46. The fourth-order valence-corrected chi connectivity index (χ4v) is 5.02. The van der Waals surface area contributed by atoms with Gasteiger partial charge in [-0.3, -0.25) is 0 Å². The number of thiazole rings is 1. The average molecular weight is 291 g/mol. The highest BCUT2D eigenvalue weighted by Crippen LogP contribution is 2.29. The molecule has 1 saturated heterocycles. The number of hydrogen-bond donors (Lipinski definition) is 1. The predicted molar refractivity (Wildman–Crippen MR) is 70.1 cm³/mol. The zero-order chi connectivity index (χ0) is 13.3. The first-order valence-electron chi connectivity index (χ1n) is 5.71. The van der Waals surface area contributed by atoms with Crippen LogP contribution in [-0.4, -0.2) is 44.0 Å². The highest BCUT2D eigenvalue weighted by Gasteiger charge is 2.33. The molecule has 0 radical (unpaired) electrons. The highest BCUT2D eigenvalue weighted by atomic mass is 32.2. The molecule has 1 atom stereocenters. The number of sulfonamides is 1. The maximum atomic E-state index is 12.5. The van der Waals surface area contributed by atoms with Crippen molar-refractivity contribution in [2.24, 2.45) is 0 Å². The summed E-state index contributed by atoms with van der Waals surface area (Å²) in [7, 11) is -1.88. The molecule has 1 fully saturated rings. The van der Waals surface area contributed by atoms with Crippen molar-refractivity contribution >= 4 is 26.5 Å².